The largest absolute Gasteiger partial charge is 0.477 e. The number of aromatic carboxylic acids is 1. The summed E-state index contributed by atoms with van der Waals surface area (Å²) in [5, 5.41) is 19.3. The zero-order valence-electron chi connectivity index (χ0n) is 8.72. The van der Waals surface area contributed by atoms with Gasteiger partial charge in [-0.25, -0.2) is 4.79 Å². The molecule has 4 nitrogen and oxygen atoms in total. The van der Waals surface area contributed by atoms with Gasteiger partial charge in [0.05, 0.1) is 12.5 Å². The second-order valence-electron chi connectivity index (χ2n) is 3.81. The Bertz CT molecular complexity index is 431. The Morgan fingerprint density at radius 1 is 1.69 bits per heavy atom. The smallest absolute Gasteiger partial charge is 0.345 e. The van der Waals surface area contributed by atoms with Crippen LogP contribution in [-0.2, 0) is 0 Å². The topological polar surface area (TPSA) is 64.3 Å². The fourth-order valence-electron chi connectivity index (χ4n) is 1.67. The van der Waals surface area contributed by atoms with Crippen molar-refractivity contribution < 1.29 is 9.90 Å². The van der Waals surface area contributed by atoms with Crippen molar-refractivity contribution in [3.8, 4) is 6.07 Å². The molecule has 0 aliphatic heterocycles. The summed E-state index contributed by atoms with van der Waals surface area (Å²) in [6, 6.07) is 4.33. The van der Waals surface area contributed by atoms with Crippen molar-refractivity contribution in [1.29, 1.82) is 5.26 Å². The Morgan fingerprint density at radius 2 is 2.44 bits per heavy atom. The van der Waals surface area contributed by atoms with Gasteiger partial charge in [0.15, 0.2) is 0 Å². The minimum absolute atomic E-state index is 0.359. The van der Waals surface area contributed by atoms with E-state index in [-0.39, 0.29) is 0 Å². The summed E-state index contributed by atoms with van der Waals surface area (Å²) in [5.74, 6) is -0.882. The van der Waals surface area contributed by atoms with Crippen LogP contribution in [0.15, 0.2) is 11.4 Å². The molecule has 1 aromatic heterocycles. The van der Waals surface area contributed by atoms with Crippen LogP contribution in [-0.4, -0.2) is 23.7 Å². The zero-order chi connectivity index (χ0) is 11.5. The second-order valence-corrected chi connectivity index (χ2v) is 4.72. The predicted octanol–water partition coefficient (Wildman–Crippen LogP) is 2.33. The van der Waals surface area contributed by atoms with Crippen molar-refractivity contribution in [2.45, 2.75) is 25.3 Å². The van der Waals surface area contributed by atoms with Crippen molar-refractivity contribution in [3.63, 3.8) is 0 Å². The molecule has 1 aliphatic carbocycles. The highest BCUT2D eigenvalue weighted by Crippen LogP contribution is 2.34. The lowest BCUT2D eigenvalue weighted by molar-refractivity contribution is 0.0702. The van der Waals surface area contributed by atoms with Gasteiger partial charge < -0.3 is 10.0 Å². The van der Waals surface area contributed by atoms with E-state index in [4.69, 9.17) is 10.4 Å². The number of hydrogen-bond acceptors (Lipinski definition) is 4. The number of carboxylic acid groups (broad SMARTS) is 1. The molecular weight excluding hydrogens is 224 g/mol. The molecule has 1 aromatic rings. The number of carbonyl (C=O) groups is 1. The normalized spacial score (nSPS) is 14.4. The molecule has 16 heavy (non-hydrogen) atoms. The van der Waals surface area contributed by atoms with Crippen LogP contribution in [0.3, 0.4) is 0 Å². The van der Waals surface area contributed by atoms with Crippen molar-refractivity contribution >= 4 is 23.0 Å². The molecule has 2 rings (SSSR count). The molecule has 1 fully saturated rings. The van der Waals surface area contributed by atoms with Crippen LogP contribution in [0, 0.1) is 11.3 Å². The molecule has 0 bridgehead atoms. The molecule has 1 saturated carbocycles. The van der Waals surface area contributed by atoms with Gasteiger partial charge in [0.25, 0.3) is 0 Å². The van der Waals surface area contributed by atoms with E-state index < -0.39 is 5.97 Å². The van der Waals surface area contributed by atoms with Gasteiger partial charge in [-0.05, 0) is 18.9 Å². The molecule has 0 saturated heterocycles. The molecule has 0 atom stereocenters. The van der Waals surface area contributed by atoms with Gasteiger partial charge in [0, 0.05) is 23.7 Å². The lowest BCUT2D eigenvalue weighted by Gasteiger charge is -2.21. The highest BCUT2D eigenvalue weighted by molar-refractivity contribution is 7.12. The first-order valence-corrected chi connectivity index (χ1v) is 6.05. The SMILES string of the molecule is N#CCCN(c1csc(C(=O)O)c1)C1CC1. The lowest BCUT2D eigenvalue weighted by atomic mass is 10.3. The maximum Gasteiger partial charge on any atom is 0.345 e. The van der Waals surface area contributed by atoms with E-state index >= 15 is 0 Å². The summed E-state index contributed by atoms with van der Waals surface area (Å²) in [6.07, 6.45) is 2.77. The average molecular weight is 236 g/mol. The Labute approximate surface area is 97.7 Å². The predicted molar refractivity (Wildman–Crippen MR) is 61.9 cm³/mol. The first-order valence-electron chi connectivity index (χ1n) is 5.18. The molecule has 0 amide bonds. The van der Waals surface area contributed by atoms with E-state index in [1.807, 2.05) is 5.38 Å². The molecule has 0 radical (unpaired) electrons. The van der Waals surface area contributed by atoms with E-state index in [2.05, 4.69) is 11.0 Å². The van der Waals surface area contributed by atoms with Gasteiger partial charge in [-0.3, -0.25) is 0 Å². The Morgan fingerprint density at radius 3 is 2.94 bits per heavy atom. The maximum absolute atomic E-state index is 10.8. The Balaban J connectivity index is 2.12. The van der Waals surface area contributed by atoms with Crippen molar-refractivity contribution in [1.82, 2.24) is 0 Å². The summed E-state index contributed by atoms with van der Waals surface area (Å²) in [7, 11) is 0. The number of carboxylic acids is 1. The highest BCUT2D eigenvalue weighted by Gasteiger charge is 2.29. The number of nitrogens with zero attached hydrogens (tertiary/aromatic N) is 2. The van der Waals surface area contributed by atoms with E-state index in [0.717, 1.165) is 18.5 Å². The Kier molecular flexibility index (Phi) is 3.11. The van der Waals surface area contributed by atoms with Gasteiger partial charge in [-0.1, -0.05) is 0 Å². The van der Waals surface area contributed by atoms with Gasteiger partial charge in [0.1, 0.15) is 4.88 Å². The summed E-state index contributed by atoms with van der Waals surface area (Å²) >= 11 is 1.24. The molecule has 0 aromatic carbocycles. The van der Waals surface area contributed by atoms with Gasteiger partial charge in [0.2, 0.25) is 0 Å². The maximum atomic E-state index is 10.8. The third kappa shape index (κ3) is 2.34. The molecule has 0 unspecified atom stereocenters. The zero-order valence-corrected chi connectivity index (χ0v) is 9.54. The van der Waals surface area contributed by atoms with Crippen molar-refractivity contribution in [2.24, 2.45) is 0 Å². The molecule has 0 spiro atoms. The highest BCUT2D eigenvalue weighted by atomic mass is 32.1. The van der Waals surface area contributed by atoms with E-state index in [1.165, 1.54) is 11.3 Å². The van der Waals surface area contributed by atoms with Crippen LogP contribution in [0.5, 0.6) is 0 Å². The molecule has 1 N–H and O–H groups in total. The van der Waals surface area contributed by atoms with Crippen LogP contribution in [0.25, 0.3) is 0 Å². The van der Waals surface area contributed by atoms with Gasteiger partial charge >= 0.3 is 5.97 Å². The lowest BCUT2D eigenvalue weighted by Crippen LogP contribution is -2.26. The van der Waals surface area contributed by atoms with Crippen molar-refractivity contribution in [3.05, 3.63) is 16.3 Å². The number of rotatable bonds is 5. The quantitative estimate of drug-likeness (QED) is 0.852. The number of nitriles is 1. The van der Waals surface area contributed by atoms with E-state index in [9.17, 15) is 4.79 Å². The van der Waals surface area contributed by atoms with Crippen LogP contribution in [0.2, 0.25) is 0 Å². The summed E-state index contributed by atoms with van der Waals surface area (Å²) in [4.78, 5) is 13.3. The second kappa shape index (κ2) is 4.54. The fourth-order valence-corrected chi connectivity index (χ4v) is 2.41. The monoisotopic (exact) mass is 236 g/mol. The fraction of sp³-hybridized carbons (Fsp3) is 0.455. The first-order chi connectivity index (χ1) is 7.72. The number of anilines is 1. The third-order valence-electron chi connectivity index (χ3n) is 2.58. The van der Waals surface area contributed by atoms with E-state index in [1.54, 1.807) is 6.07 Å². The third-order valence-corrected chi connectivity index (χ3v) is 3.49. The van der Waals surface area contributed by atoms with Gasteiger partial charge in [-0.15, -0.1) is 11.3 Å². The van der Waals surface area contributed by atoms with Crippen molar-refractivity contribution in [2.75, 3.05) is 11.4 Å². The molecule has 1 heterocycles. The first kappa shape index (κ1) is 11.0. The molecular formula is C11H12N2O2S. The number of thiophene rings is 1. The van der Waals surface area contributed by atoms with E-state index in [0.29, 0.717) is 23.9 Å². The minimum Gasteiger partial charge on any atom is -0.477 e. The summed E-state index contributed by atoms with van der Waals surface area (Å²) < 4.78 is 0. The van der Waals surface area contributed by atoms with Crippen LogP contribution >= 0.6 is 11.3 Å². The summed E-state index contributed by atoms with van der Waals surface area (Å²) in [5.41, 5.74) is 0.945. The molecule has 5 heteroatoms. The van der Waals surface area contributed by atoms with Crippen LogP contribution < -0.4 is 4.90 Å². The summed E-state index contributed by atoms with van der Waals surface area (Å²) in [6.45, 7) is 0.691. The van der Waals surface area contributed by atoms with Crippen LogP contribution in [0.1, 0.15) is 28.9 Å². The average Bonchev–Trinajstić information content (AvgIpc) is 2.96. The standard InChI is InChI=1S/C11H12N2O2S/c12-4-1-5-13(8-2-3-8)9-6-10(11(14)15)16-7-9/h6-8H,1-3,5H2,(H,14,15). The Hall–Kier alpha value is -1.54. The molecule has 84 valence electrons. The van der Waals surface area contributed by atoms with Crippen LogP contribution in [0.4, 0.5) is 5.69 Å². The number of hydrogen-bond donors (Lipinski definition) is 1. The van der Waals surface area contributed by atoms with Gasteiger partial charge in [-0.2, -0.15) is 5.26 Å². The molecule has 1 aliphatic rings. The minimum atomic E-state index is -0.882.